The molecule has 0 atom stereocenters. The van der Waals surface area contributed by atoms with Gasteiger partial charge in [0, 0.05) is 25.9 Å². The number of carboxylic acid groups (broad SMARTS) is 1. The Labute approximate surface area is 68.4 Å². The molecule has 9 heavy (non-hydrogen) atoms. The van der Waals surface area contributed by atoms with Crippen LogP contribution in [0.2, 0.25) is 0 Å². The van der Waals surface area contributed by atoms with Crippen LogP contribution < -0.4 is 0 Å². The van der Waals surface area contributed by atoms with Gasteiger partial charge in [-0.15, -0.1) is 0 Å². The first-order chi connectivity index (χ1) is 3.77. The Hall–Kier alpha value is 0.0934. The molecular weight excluding hydrogens is 207 g/mol. The standard InChI is InChI=1S/C6H12O2.Rh/c1-2-3-4-5-6(7)8;/h2-5H2,1H3,(H,7,8);. The van der Waals surface area contributed by atoms with Crippen LogP contribution in [0, 0.1) is 0 Å². The molecule has 0 spiro atoms. The first kappa shape index (κ1) is 11.8. The van der Waals surface area contributed by atoms with Crippen molar-refractivity contribution < 1.29 is 29.4 Å². The van der Waals surface area contributed by atoms with Crippen LogP contribution in [0.3, 0.4) is 0 Å². The smallest absolute Gasteiger partial charge is 0.303 e. The Balaban J connectivity index is 0. The van der Waals surface area contributed by atoms with Crippen molar-refractivity contribution in [2.75, 3.05) is 0 Å². The van der Waals surface area contributed by atoms with E-state index in [-0.39, 0.29) is 19.5 Å². The average molecular weight is 219 g/mol. The molecule has 0 aromatic rings. The van der Waals surface area contributed by atoms with E-state index in [9.17, 15) is 4.79 Å². The predicted molar refractivity (Wildman–Crippen MR) is 31.8 cm³/mol. The van der Waals surface area contributed by atoms with Gasteiger partial charge in [0.15, 0.2) is 0 Å². The van der Waals surface area contributed by atoms with E-state index in [2.05, 4.69) is 6.92 Å². The largest absolute Gasteiger partial charge is 0.481 e. The maximum atomic E-state index is 9.87. The maximum Gasteiger partial charge on any atom is 0.303 e. The van der Waals surface area contributed by atoms with Crippen LogP contribution in [0.1, 0.15) is 32.6 Å². The maximum absolute atomic E-state index is 9.87. The van der Waals surface area contributed by atoms with E-state index < -0.39 is 5.97 Å². The molecule has 0 aromatic carbocycles. The molecule has 1 N–H and O–H groups in total. The monoisotopic (exact) mass is 219 g/mol. The molecule has 0 saturated carbocycles. The fraction of sp³-hybridized carbons (Fsp3) is 0.833. The van der Waals surface area contributed by atoms with Gasteiger partial charge in [-0.2, -0.15) is 0 Å². The number of carboxylic acids is 1. The molecule has 1 radical (unpaired) electrons. The molecule has 0 bridgehead atoms. The Bertz CT molecular complexity index is 73.5. The summed E-state index contributed by atoms with van der Waals surface area (Å²) in [5.74, 6) is -0.682. The average Bonchev–Trinajstić information content (AvgIpc) is 1.66. The van der Waals surface area contributed by atoms with Crippen molar-refractivity contribution in [3.05, 3.63) is 0 Å². The molecule has 0 fully saturated rings. The van der Waals surface area contributed by atoms with Gasteiger partial charge in [-0.05, 0) is 6.42 Å². The number of unbranched alkanes of at least 4 members (excludes halogenated alkanes) is 2. The summed E-state index contributed by atoms with van der Waals surface area (Å²) < 4.78 is 0. The molecule has 0 saturated heterocycles. The van der Waals surface area contributed by atoms with Crippen molar-refractivity contribution in [1.29, 1.82) is 0 Å². The van der Waals surface area contributed by atoms with Gasteiger partial charge in [0.1, 0.15) is 0 Å². The second kappa shape index (κ2) is 8.09. The second-order valence-corrected chi connectivity index (χ2v) is 1.85. The molecule has 57 valence electrons. The summed E-state index contributed by atoms with van der Waals surface area (Å²) in [6.07, 6.45) is 3.28. The third-order valence-electron chi connectivity index (χ3n) is 0.994. The van der Waals surface area contributed by atoms with Gasteiger partial charge < -0.3 is 5.11 Å². The summed E-state index contributed by atoms with van der Waals surface area (Å²) in [7, 11) is 0. The number of aliphatic carboxylic acids is 1. The number of hydrogen-bond donors (Lipinski definition) is 1. The van der Waals surface area contributed by atoms with Gasteiger partial charge in [0.25, 0.3) is 0 Å². The zero-order chi connectivity index (χ0) is 6.41. The van der Waals surface area contributed by atoms with Crippen molar-refractivity contribution in [2.24, 2.45) is 0 Å². The molecular formula is C6H12O2Rh. The van der Waals surface area contributed by atoms with Gasteiger partial charge in [0.2, 0.25) is 0 Å². The van der Waals surface area contributed by atoms with Gasteiger partial charge >= 0.3 is 5.97 Å². The molecule has 3 heteroatoms. The summed E-state index contributed by atoms with van der Waals surface area (Å²) >= 11 is 0. The summed E-state index contributed by atoms with van der Waals surface area (Å²) in [5, 5.41) is 8.14. The van der Waals surface area contributed by atoms with Gasteiger partial charge in [-0.1, -0.05) is 19.8 Å². The molecule has 0 rings (SSSR count). The molecule has 0 aromatic heterocycles. The van der Waals surface area contributed by atoms with E-state index in [1.165, 1.54) is 0 Å². The fourth-order valence-electron chi connectivity index (χ4n) is 0.526. The van der Waals surface area contributed by atoms with Gasteiger partial charge in [-0.3, -0.25) is 4.79 Å². The van der Waals surface area contributed by atoms with E-state index in [4.69, 9.17) is 5.11 Å². The fourth-order valence-corrected chi connectivity index (χ4v) is 0.526. The minimum Gasteiger partial charge on any atom is -0.481 e. The molecule has 2 nitrogen and oxygen atoms in total. The molecule has 0 unspecified atom stereocenters. The van der Waals surface area contributed by atoms with E-state index in [1.54, 1.807) is 0 Å². The van der Waals surface area contributed by atoms with Crippen LogP contribution >= 0.6 is 0 Å². The normalized spacial score (nSPS) is 8.11. The Morgan fingerprint density at radius 3 is 2.33 bits per heavy atom. The van der Waals surface area contributed by atoms with Crippen LogP contribution in [0.15, 0.2) is 0 Å². The number of carbonyl (C=O) groups is 1. The van der Waals surface area contributed by atoms with E-state index in [1.807, 2.05) is 0 Å². The third-order valence-corrected chi connectivity index (χ3v) is 0.994. The zero-order valence-corrected chi connectivity index (χ0v) is 7.16. The van der Waals surface area contributed by atoms with Gasteiger partial charge in [-0.25, -0.2) is 0 Å². The van der Waals surface area contributed by atoms with E-state index in [0.717, 1.165) is 19.3 Å². The van der Waals surface area contributed by atoms with Crippen LogP contribution in [-0.4, -0.2) is 11.1 Å². The summed E-state index contributed by atoms with van der Waals surface area (Å²) in [6, 6.07) is 0. The minimum atomic E-state index is -0.682. The molecule has 0 aliphatic heterocycles. The topological polar surface area (TPSA) is 37.3 Å². The summed E-state index contributed by atoms with van der Waals surface area (Å²) in [4.78, 5) is 9.87. The van der Waals surface area contributed by atoms with Crippen molar-refractivity contribution in [3.63, 3.8) is 0 Å². The minimum absolute atomic E-state index is 0. The summed E-state index contributed by atoms with van der Waals surface area (Å²) in [5.41, 5.74) is 0. The van der Waals surface area contributed by atoms with Crippen LogP contribution in [0.25, 0.3) is 0 Å². The number of hydrogen-bond acceptors (Lipinski definition) is 1. The van der Waals surface area contributed by atoms with Crippen molar-refractivity contribution in [1.82, 2.24) is 0 Å². The second-order valence-electron chi connectivity index (χ2n) is 1.85. The van der Waals surface area contributed by atoms with Crippen LogP contribution in [-0.2, 0) is 24.3 Å². The first-order valence-electron chi connectivity index (χ1n) is 2.99. The zero-order valence-electron chi connectivity index (χ0n) is 5.52. The quantitative estimate of drug-likeness (QED) is 0.576. The Kier molecular flexibility index (Phi) is 10.6. The predicted octanol–water partition coefficient (Wildman–Crippen LogP) is 1.65. The van der Waals surface area contributed by atoms with Crippen molar-refractivity contribution in [3.8, 4) is 0 Å². The van der Waals surface area contributed by atoms with E-state index in [0.29, 0.717) is 6.42 Å². The first-order valence-corrected chi connectivity index (χ1v) is 2.99. The SMILES string of the molecule is CCCCCC(=O)O.[Rh]. The molecule has 0 amide bonds. The van der Waals surface area contributed by atoms with E-state index >= 15 is 0 Å². The number of rotatable bonds is 4. The molecule has 0 heterocycles. The van der Waals surface area contributed by atoms with Crippen LogP contribution in [0.4, 0.5) is 0 Å². The Morgan fingerprint density at radius 2 is 2.00 bits per heavy atom. The Morgan fingerprint density at radius 1 is 1.44 bits per heavy atom. The molecule has 0 aliphatic carbocycles. The van der Waals surface area contributed by atoms with Crippen LogP contribution in [0.5, 0.6) is 0 Å². The van der Waals surface area contributed by atoms with Gasteiger partial charge in [0.05, 0.1) is 0 Å². The summed E-state index contributed by atoms with van der Waals surface area (Å²) in [6.45, 7) is 2.06. The molecule has 0 aliphatic rings. The van der Waals surface area contributed by atoms with Crippen molar-refractivity contribution in [2.45, 2.75) is 32.6 Å². The van der Waals surface area contributed by atoms with Crippen molar-refractivity contribution >= 4 is 5.97 Å². The third kappa shape index (κ3) is 11.6.